The van der Waals surface area contributed by atoms with Crippen LogP contribution in [0.15, 0.2) is 41.0 Å². The standard InChI is InChI=1S/C17H13BrF3N5O/c1-9-6-14(17(19,20)21)25-26(9)15-13(18)8-22-16(24-15)23-12-5-3-4-11(7-12)10(2)27/h3-8H,1-2H3,(H,22,23,24). The van der Waals surface area contributed by atoms with Crippen LogP contribution in [0.25, 0.3) is 5.82 Å². The molecule has 0 aliphatic carbocycles. The number of anilines is 2. The zero-order valence-electron chi connectivity index (χ0n) is 14.2. The molecular weight excluding hydrogens is 427 g/mol. The van der Waals surface area contributed by atoms with Gasteiger partial charge in [-0.3, -0.25) is 4.79 Å². The van der Waals surface area contributed by atoms with Gasteiger partial charge in [-0.1, -0.05) is 12.1 Å². The Morgan fingerprint density at radius 2 is 2.00 bits per heavy atom. The van der Waals surface area contributed by atoms with Crippen molar-refractivity contribution in [2.75, 3.05) is 5.32 Å². The van der Waals surface area contributed by atoms with E-state index in [1.165, 1.54) is 20.0 Å². The molecule has 0 spiro atoms. The van der Waals surface area contributed by atoms with Crippen LogP contribution in [0.2, 0.25) is 0 Å². The molecule has 0 aliphatic rings. The van der Waals surface area contributed by atoms with Crippen molar-refractivity contribution in [2.45, 2.75) is 20.0 Å². The number of hydrogen-bond donors (Lipinski definition) is 1. The minimum Gasteiger partial charge on any atom is -0.324 e. The van der Waals surface area contributed by atoms with E-state index in [1.807, 2.05) is 0 Å². The lowest BCUT2D eigenvalue weighted by Gasteiger charge is -2.10. The molecule has 0 saturated heterocycles. The topological polar surface area (TPSA) is 72.7 Å². The van der Waals surface area contributed by atoms with Crippen LogP contribution in [0.1, 0.15) is 28.7 Å². The number of Topliss-reactive ketones (excluding diaryl/α,β-unsaturated/α-hetero) is 1. The Kier molecular flexibility index (Phi) is 5.01. The zero-order valence-corrected chi connectivity index (χ0v) is 15.8. The molecule has 0 unspecified atom stereocenters. The fourth-order valence-electron chi connectivity index (χ4n) is 2.34. The molecule has 0 atom stereocenters. The van der Waals surface area contributed by atoms with Gasteiger partial charge in [0, 0.05) is 23.1 Å². The maximum absolute atomic E-state index is 12.9. The third kappa shape index (κ3) is 4.16. The maximum atomic E-state index is 12.9. The van der Waals surface area contributed by atoms with Crippen LogP contribution < -0.4 is 5.32 Å². The Morgan fingerprint density at radius 3 is 2.63 bits per heavy atom. The summed E-state index contributed by atoms with van der Waals surface area (Å²) in [7, 11) is 0. The predicted molar refractivity (Wildman–Crippen MR) is 96.3 cm³/mol. The normalized spacial score (nSPS) is 11.5. The van der Waals surface area contributed by atoms with Gasteiger partial charge in [-0.15, -0.1) is 0 Å². The van der Waals surface area contributed by atoms with Crippen molar-refractivity contribution >= 4 is 33.3 Å². The van der Waals surface area contributed by atoms with E-state index in [0.717, 1.165) is 10.7 Å². The number of aromatic nitrogens is 4. The summed E-state index contributed by atoms with van der Waals surface area (Å²) in [6.07, 6.45) is -3.14. The lowest BCUT2D eigenvalue weighted by Crippen LogP contribution is -2.10. The van der Waals surface area contributed by atoms with Crippen LogP contribution in [-0.2, 0) is 6.18 Å². The smallest absolute Gasteiger partial charge is 0.324 e. The minimum absolute atomic E-state index is 0.0945. The first-order valence-corrected chi connectivity index (χ1v) is 8.49. The van der Waals surface area contributed by atoms with Gasteiger partial charge in [0.1, 0.15) is 0 Å². The molecule has 0 aliphatic heterocycles. The van der Waals surface area contributed by atoms with Crippen LogP contribution in [0, 0.1) is 6.92 Å². The summed E-state index contributed by atoms with van der Waals surface area (Å²) in [5.41, 5.74) is 0.347. The first-order valence-electron chi connectivity index (χ1n) is 7.70. The fourth-order valence-corrected chi connectivity index (χ4v) is 2.70. The monoisotopic (exact) mass is 439 g/mol. The van der Waals surface area contributed by atoms with E-state index in [0.29, 0.717) is 15.7 Å². The van der Waals surface area contributed by atoms with Crippen molar-refractivity contribution in [1.29, 1.82) is 0 Å². The molecule has 0 amide bonds. The molecule has 3 aromatic rings. The molecule has 0 bridgehead atoms. The van der Waals surface area contributed by atoms with Crippen molar-refractivity contribution in [3.8, 4) is 5.82 Å². The summed E-state index contributed by atoms with van der Waals surface area (Å²) in [6, 6.07) is 7.67. The van der Waals surface area contributed by atoms with E-state index in [-0.39, 0.29) is 23.2 Å². The molecule has 27 heavy (non-hydrogen) atoms. The molecule has 0 saturated carbocycles. The van der Waals surface area contributed by atoms with E-state index in [1.54, 1.807) is 24.3 Å². The maximum Gasteiger partial charge on any atom is 0.435 e. The number of nitrogens with one attached hydrogen (secondary N) is 1. The molecule has 0 radical (unpaired) electrons. The van der Waals surface area contributed by atoms with E-state index < -0.39 is 11.9 Å². The highest BCUT2D eigenvalue weighted by molar-refractivity contribution is 9.10. The van der Waals surface area contributed by atoms with Crippen molar-refractivity contribution in [3.05, 3.63) is 58.0 Å². The number of carbonyl (C=O) groups excluding carboxylic acids is 1. The SMILES string of the molecule is CC(=O)c1cccc(Nc2ncc(Br)c(-n3nc(C(F)(F)F)cc3C)n2)c1. The van der Waals surface area contributed by atoms with Gasteiger partial charge in [0.15, 0.2) is 17.3 Å². The zero-order chi connectivity index (χ0) is 19.8. The summed E-state index contributed by atoms with van der Waals surface area (Å²) >= 11 is 3.24. The Morgan fingerprint density at radius 1 is 1.26 bits per heavy atom. The Bertz CT molecular complexity index is 1020. The van der Waals surface area contributed by atoms with Crippen LogP contribution in [-0.4, -0.2) is 25.5 Å². The Labute approximate surface area is 160 Å². The van der Waals surface area contributed by atoms with E-state index in [9.17, 15) is 18.0 Å². The van der Waals surface area contributed by atoms with E-state index in [2.05, 4.69) is 36.3 Å². The van der Waals surface area contributed by atoms with Crippen molar-refractivity contribution in [1.82, 2.24) is 19.7 Å². The molecule has 1 aromatic carbocycles. The van der Waals surface area contributed by atoms with Gasteiger partial charge in [-0.05, 0) is 48.0 Å². The molecule has 2 heterocycles. The quantitative estimate of drug-likeness (QED) is 0.596. The fraction of sp³-hybridized carbons (Fsp3) is 0.176. The lowest BCUT2D eigenvalue weighted by atomic mass is 10.1. The average Bonchev–Trinajstić information content (AvgIpc) is 2.99. The van der Waals surface area contributed by atoms with Gasteiger partial charge in [-0.25, -0.2) is 9.67 Å². The highest BCUT2D eigenvalue weighted by atomic mass is 79.9. The first-order chi connectivity index (χ1) is 12.6. The van der Waals surface area contributed by atoms with Crippen LogP contribution in [0.3, 0.4) is 0 Å². The van der Waals surface area contributed by atoms with Gasteiger partial charge in [-0.2, -0.15) is 23.3 Å². The molecule has 6 nitrogen and oxygen atoms in total. The van der Waals surface area contributed by atoms with E-state index >= 15 is 0 Å². The second-order valence-electron chi connectivity index (χ2n) is 5.71. The lowest BCUT2D eigenvalue weighted by molar-refractivity contribution is -0.141. The third-order valence-corrected chi connectivity index (χ3v) is 4.19. The number of rotatable bonds is 4. The molecule has 1 N–H and O–H groups in total. The van der Waals surface area contributed by atoms with Crippen LogP contribution in [0.5, 0.6) is 0 Å². The number of nitrogens with zero attached hydrogens (tertiary/aromatic N) is 4. The third-order valence-electron chi connectivity index (χ3n) is 3.63. The molecular formula is C17H13BrF3N5O. The van der Waals surface area contributed by atoms with Gasteiger partial charge in [0.25, 0.3) is 0 Å². The van der Waals surface area contributed by atoms with Crippen molar-refractivity contribution < 1.29 is 18.0 Å². The molecule has 0 fully saturated rings. The minimum atomic E-state index is -4.55. The highest BCUT2D eigenvalue weighted by Crippen LogP contribution is 2.30. The summed E-state index contributed by atoms with van der Waals surface area (Å²) < 4.78 is 40.2. The highest BCUT2D eigenvalue weighted by Gasteiger charge is 2.34. The largest absolute Gasteiger partial charge is 0.435 e. The number of halogens is 4. The summed E-state index contributed by atoms with van der Waals surface area (Å²) in [5, 5.41) is 6.53. The second kappa shape index (κ2) is 7.10. The van der Waals surface area contributed by atoms with Gasteiger partial charge in [0.05, 0.1) is 4.47 Å². The molecule has 140 valence electrons. The molecule has 2 aromatic heterocycles. The summed E-state index contributed by atoms with van der Waals surface area (Å²) in [6.45, 7) is 2.95. The second-order valence-corrected chi connectivity index (χ2v) is 6.56. The molecule has 10 heteroatoms. The number of ketones is 1. The number of carbonyl (C=O) groups is 1. The Balaban J connectivity index is 1.97. The number of hydrogen-bond acceptors (Lipinski definition) is 5. The number of benzene rings is 1. The molecule has 3 rings (SSSR count). The number of alkyl halides is 3. The van der Waals surface area contributed by atoms with Crippen LogP contribution in [0.4, 0.5) is 24.8 Å². The Hall–Kier alpha value is -2.75. The summed E-state index contributed by atoms with van der Waals surface area (Å²) in [5.74, 6) is 0.212. The average molecular weight is 440 g/mol. The van der Waals surface area contributed by atoms with E-state index in [4.69, 9.17) is 0 Å². The van der Waals surface area contributed by atoms with Gasteiger partial charge >= 0.3 is 6.18 Å². The first kappa shape index (κ1) is 19.0. The van der Waals surface area contributed by atoms with Crippen molar-refractivity contribution in [2.24, 2.45) is 0 Å². The summed E-state index contributed by atoms with van der Waals surface area (Å²) in [4.78, 5) is 19.8. The van der Waals surface area contributed by atoms with Crippen LogP contribution >= 0.6 is 15.9 Å². The predicted octanol–water partition coefficient (Wildman–Crippen LogP) is 4.70. The van der Waals surface area contributed by atoms with Crippen molar-refractivity contribution in [3.63, 3.8) is 0 Å². The van der Waals surface area contributed by atoms with Gasteiger partial charge in [0.2, 0.25) is 5.95 Å². The van der Waals surface area contributed by atoms with Gasteiger partial charge < -0.3 is 5.32 Å². The number of aryl methyl sites for hydroxylation is 1.